The van der Waals surface area contributed by atoms with Crippen LogP contribution >= 0.6 is 0 Å². The van der Waals surface area contributed by atoms with E-state index in [0.717, 1.165) is 32.1 Å². The predicted molar refractivity (Wildman–Crippen MR) is 90.8 cm³/mol. The molecule has 0 amide bonds. The maximum atomic E-state index is 12.1. The van der Waals surface area contributed by atoms with Crippen LogP contribution < -0.4 is 0 Å². The number of hydrogen-bond acceptors (Lipinski definition) is 5. The zero-order chi connectivity index (χ0) is 20.1. The lowest BCUT2D eigenvalue weighted by molar-refractivity contribution is -0.201. The number of alkyl halides is 3. The standard InChI is InChI=1S/C19H27F3O5/c1-13(2)16(23)27-18(11-14-4-3-5-15(10-14)12-18)6-7-25-8-9-26-17(24)19(20,21)22/h14-15H,1,3-12H2,2H3. The number of carbonyl (C=O) groups excluding carboxylic acids is 2. The minimum Gasteiger partial charge on any atom is -0.457 e. The van der Waals surface area contributed by atoms with Crippen LogP contribution in [0.15, 0.2) is 12.2 Å². The third-order valence-electron chi connectivity index (χ3n) is 5.26. The average Bonchev–Trinajstić information content (AvgIpc) is 2.56. The second-order valence-corrected chi connectivity index (χ2v) is 7.66. The molecule has 0 N–H and O–H groups in total. The van der Waals surface area contributed by atoms with E-state index in [0.29, 0.717) is 23.8 Å². The number of esters is 2. The van der Waals surface area contributed by atoms with Crippen LogP contribution in [0, 0.1) is 11.8 Å². The Labute approximate surface area is 157 Å². The highest BCUT2D eigenvalue weighted by Crippen LogP contribution is 2.47. The SMILES string of the molecule is C=C(C)C(=O)OC1(CCOCCOC(=O)C(F)(F)F)CC2CCCC(C2)C1. The third-order valence-corrected chi connectivity index (χ3v) is 5.26. The van der Waals surface area contributed by atoms with Crippen molar-refractivity contribution < 1.29 is 37.0 Å². The number of hydrogen-bond donors (Lipinski definition) is 0. The molecule has 2 atom stereocenters. The molecule has 2 saturated carbocycles. The third kappa shape index (κ3) is 6.52. The zero-order valence-corrected chi connectivity index (χ0v) is 15.6. The van der Waals surface area contributed by atoms with Gasteiger partial charge in [-0.15, -0.1) is 0 Å². The van der Waals surface area contributed by atoms with E-state index >= 15 is 0 Å². The van der Waals surface area contributed by atoms with E-state index in [2.05, 4.69) is 11.3 Å². The zero-order valence-electron chi connectivity index (χ0n) is 15.6. The molecule has 0 aromatic carbocycles. The first-order chi connectivity index (χ1) is 12.6. The van der Waals surface area contributed by atoms with Crippen molar-refractivity contribution in [3.05, 3.63) is 12.2 Å². The molecule has 0 saturated heterocycles. The number of ether oxygens (including phenoxy) is 3. The maximum absolute atomic E-state index is 12.1. The van der Waals surface area contributed by atoms with Crippen molar-refractivity contribution >= 4 is 11.9 Å². The summed E-state index contributed by atoms with van der Waals surface area (Å²) in [6.45, 7) is 4.84. The van der Waals surface area contributed by atoms with E-state index in [1.54, 1.807) is 6.92 Å². The highest BCUT2D eigenvalue weighted by molar-refractivity contribution is 5.87. The van der Waals surface area contributed by atoms with Gasteiger partial charge in [-0.3, -0.25) is 0 Å². The van der Waals surface area contributed by atoms with Crippen LogP contribution in [0.5, 0.6) is 0 Å². The Balaban J connectivity index is 1.83. The highest BCUT2D eigenvalue weighted by atomic mass is 19.4. The van der Waals surface area contributed by atoms with Gasteiger partial charge in [-0.2, -0.15) is 13.2 Å². The lowest BCUT2D eigenvalue weighted by Crippen LogP contribution is -2.45. The fourth-order valence-electron chi connectivity index (χ4n) is 4.17. The summed E-state index contributed by atoms with van der Waals surface area (Å²) < 4.78 is 51.4. The number of fused-ring (bicyclic) bond motifs is 2. The van der Waals surface area contributed by atoms with Crippen LogP contribution in [0.3, 0.4) is 0 Å². The predicted octanol–water partition coefficient (Wildman–Crippen LogP) is 3.96. The molecule has 2 aliphatic carbocycles. The molecule has 2 rings (SSSR count). The van der Waals surface area contributed by atoms with Gasteiger partial charge in [-0.1, -0.05) is 25.8 Å². The molecular formula is C19H27F3O5. The summed E-state index contributed by atoms with van der Waals surface area (Å²) in [6.07, 6.45) is 1.60. The molecule has 0 aliphatic heterocycles. The molecule has 2 bridgehead atoms. The van der Waals surface area contributed by atoms with E-state index in [1.807, 2.05) is 0 Å². The van der Waals surface area contributed by atoms with Gasteiger partial charge >= 0.3 is 18.1 Å². The van der Waals surface area contributed by atoms with E-state index in [-0.39, 0.29) is 13.2 Å². The molecule has 5 nitrogen and oxygen atoms in total. The Bertz CT molecular complexity index is 546. The van der Waals surface area contributed by atoms with Gasteiger partial charge in [0, 0.05) is 12.0 Å². The molecule has 0 heterocycles. The van der Waals surface area contributed by atoms with Gasteiger partial charge in [-0.25, -0.2) is 9.59 Å². The Morgan fingerprint density at radius 3 is 2.30 bits per heavy atom. The molecule has 8 heteroatoms. The topological polar surface area (TPSA) is 61.8 Å². The lowest BCUT2D eigenvalue weighted by atomic mass is 9.65. The highest BCUT2D eigenvalue weighted by Gasteiger charge is 2.45. The first-order valence-electron chi connectivity index (χ1n) is 9.32. The van der Waals surface area contributed by atoms with Crippen LogP contribution in [0.25, 0.3) is 0 Å². The number of rotatable bonds is 8. The quantitative estimate of drug-likeness (QED) is 0.356. The van der Waals surface area contributed by atoms with E-state index in [4.69, 9.17) is 9.47 Å². The van der Waals surface area contributed by atoms with Crippen LogP contribution in [-0.4, -0.2) is 43.5 Å². The second kappa shape index (κ2) is 9.08. The minimum absolute atomic E-state index is 0.140. The van der Waals surface area contributed by atoms with Crippen molar-refractivity contribution in [3.8, 4) is 0 Å². The Morgan fingerprint density at radius 1 is 1.11 bits per heavy atom. The monoisotopic (exact) mass is 392 g/mol. The number of carbonyl (C=O) groups is 2. The molecule has 0 radical (unpaired) electrons. The van der Waals surface area contributed by atoms with E-state index in [9.17, 15) is 22.8 Å². The van der Waals surface area contributed by atoms with Crippen molar-refractivity contribution in [2.45, 2.75) is 63.6 Å². The molecule has 0 aromatic heterocycles. The van der Waals surface area contributed by atoms with Crippen molar-refractivity contribution in [1.29, 1.82) is 0 Å². The summed E-state index contributed by atoms with van der Waals surface area (Å²) >= 11 is 0. The summed E-state index contributed by atoms with van der Waals surface area (Å²) in [4.78, 5) is 22.7. The number of halogens is 3. The summed E-state index contributed by atoms with van der Waals surface area (Å²) in [5, 5.41) is 0. The van der Waals surface area contributed by atoms with Gasteiger partial charge in [0.1, 0.15) is 12.2 Å². The molecule has 0 spiro atoms. The molecule has 27 heavy (non-hydrogen) atoms. The van der Waals surface area contributed by atoms with Gasteiger partial charge in [-0.05, 0) is 38.0 Å². The fraction of sp³-hybridized carbons (Fsp3) is 0.789. The molecule has 154 valence electrons. The maximum Gasteiger partial charge on any atom is 0.490 e. The van der Waals surface area contributed by atoms with Crippen molar-refractivity contribution in [2.24, 2.45) is 11.8 Å². The molecule has 2 fully saturated rings. The van der Waals surface area contributed by atoms with Gasteiger partial charge in [0.2, 0.25) is 0 Å². The molecule has 0 aromatic rings. The summed E-state index contributed by atoms with van der Waals surface area (Å²) in [5.41, 5.74) is -0.280. The van der Waals surface area contributed by atoms with Crippen LogP contribution in [-0.2, 0) is 23.8 Å². The van der Waals surface area contributed by atoms with Crippen LogP contribution in [0.2, 0.25) is 0 Å². The van der Waals surface area contributed by atoms with Crippen LogP contribution in [0.1, 0.15) is 51.9 Å². The second-order valence-electron chi connectivity index (χ2n) is 7.66. The minimum atomic E-state index is -5.00. The lowest BCUT2D eigenvalue weighted by Gasteiger charge is -2.46. The van der Waals surface area contributed by atoms with Gasteiger partial charge in [0.05, 0.1) is 13.2 Å². The largest absolute Gasteiger partial charge is 0.490 e. The Kier molecular flexibility index (Phi) is 7.31. The first-order valence-corrected chi connectivity index (χ1v) is 9.32. The van der Waals surface area contributed by atoms with Gasteiger partial charge in [0.25, 0.3) is 0 Å². The fourth-order valence-corrected chi connectivity index (χ4v) is 4.17. The van der Waals surface area contributed by atoms with Gasteiger partial charge < -0.3 is 14.2 Å². The summed E-state index contributed by atoms with van der Waals surface area (Å²) in [6, 6.07) is 0. The van der Waals surface area contributed by atoms with Crippen molar-refractivity contribution in [3.63, 3.8) is 0 Å². The molecule has 2 aliphatic rings. The van der Waals surface area contributed by atoms with Crippen molar-refractivity contribution in [2.75, 3.05) is 19.8 Å². The van der Waals surface area contributed by atoms with Crippen molar-refractivity contribution in [1.82, 2.24) is 0 Å². The van der Waals surface area contributed by atoms with Gasteiger partial charge in [0.15, 0.2) is 0 Å². The van der Waals surface area contributed by atoms with E-state index in [1.165, 1.54) is 6.42 Å². The molecular weight excluding hydrogens is 365 g/mol. The summed E-state index contributed by atoms with van der Waals surface area (Å²) in [5.74, 6) is -1.61. The van der Waals surface area contributed by atoms with Crippen LogP contribution in [0.4, 0.5) is 13.2 Å². The smallest absolute Gasteiger partial charge is 0.457 e. The average molecular weight is 392 g/mol. The normalized spacial score (nSPS) is 27.7. The molecule has 2 unspecified atom stereocenters. The Hall–Kier alpha value is -1.57. The first kappa shape index (κ1) is 21.7. The van der Waals surface area contributed by atoms with E-state index < -0.39 is 30.3 Å². The summed E-state index contributed by atoms with van der Waals surface area (Å²) in [7, 11) is 0. The Morgan fingerprint density at radius 2 is 1.74 bits per heavy atom.